The van der Waals surface area contributed by atoms with Crippen LogP contribution in [0, 0.1) is 11.3 Å². The number of carbonyl (C=O) groups excluding carboxylic acids is 1. The number of carbonyl (C=O) groups is 1. The lowest BCUT2D eigenvalue weighted by atomic mass is 10.0. The number of nitrogens with zero attached hydrogens (tertiary/aromatic N) is 2. The van der Waals surface area contributed by atoms with Gasteiger partial charge in [-0.2, -0.15) is 5.26 Å². The van der Waals surface area contributed by atoms with Gasteiger partial charge in [0.2, 0.25) is 5.91 Å². The Balaban J connectivity index is 2.48. The fourth-order valence-electron chi connectivity index (χ4n) is 2.84. The molecule has 1 unspecified atom stereocenters. The predicted octanol–water partition coefficient (Wildman–Crippen LogP) is 3.70. The zero-order chi connectivity index (χ0) is 18.5. The molecule has 0 aliphatic heterocycles. The normalized spacial score (nSPS) is 11.8. The second kappa shape index (κ2) is 12.3. The first kappa shape index (κ1) is 21.0. The molecule has 0 heterocycles. The minimum atomic E-state index is -0.218. The lowest BCUT2D eigenvalue weighted by Gasteiger charge is -2.19. The van der Waals surface area contributed by atoms with E-state index in [1.165, 1.54) is 6.42 Å². The van der Waals surface area contributed by atoms with E-state index in [1.807, 2.05) is 25.1 Å². The summed E-state index contributed by atoms with van der Waals surface area (Å²) in [6.45, 7) is 10.8. The molecule has 0 bridgehead atoms. The molecule has 1 aromatic rings. The van der Waals surface area contributed by atoms with E-state index in [4.69, 9.17) is 5.26 Å². The molecule has 5 nitrogen and oxygen atoms in total. The number of hydrogen-bond acceptors (Lipinski definition) is 4. The average Bonchev–Trinajstić information content (AvgIpc) is 2.63. The second-order valence-corrected chi connectivity index (χ2v) is 6.15. The van der Waals surface area contributed by atoms with E-state index >= 15 is 0 Å². The second-order valence-electron chi connectivity index (χ2n) is 6.15. The van der Waals surface area contributed by atoms with Crippen LogP contribution in [0.2, 0.25) is 0 Å². The fourth-order valence-corrected chi connectivity index (χ4v) is 2.84. The maximum absolute atomic E-state index is 11.7. The molecule has 0 aliphatic carbocycles. The lowest BCUT2D eigenvalue weighted by Crippen LogP contribution is -2.27. The lowest BCUT2D eigenvalue weighted by molar-refractivity contribution is -0.120. The van der Waals surface area contributed by atoms with Gasteiger partial charge in [-0.15, -0.1) is 0 Å². The highest BCUT2D eigenvalue weighted by atomic mass is 16.1. The van der Waals surface area contributed by atoms with E-state index in [0.29, 0.717) is 0 Å². The molecule has 138 valence electrons. The van der Waals surface area contributed by atoms with Gasteiger partial charge in [0.15, 0.2) is 0 Å². The molecule has 0 aliphatic rings. The maximum Gasteiger partial charge on any atom is 0.234 e. The van der Waals surface area contributed by atoms with E-state index in [1.54, 1.807) is 0 Å². The van der Waals surface area contributed by atoms with Crippen molar-refractivity contribution in [3.05, 3.63) is 29.8 Å². The minimum absolute atomic E-state index is 0.0507. The van der Waals surface area contributed by atoms with Crippen molar-refractivity contribution in [3.63, 3.8) is 0 Å². The topological polar surface area (TPSA) is 68.2 Å². The Bertz CT molecular complexity index is 549. The molecule has 1 aromatic carbocycles. The van der Waals surface area contributed by atoms with Gasteiger partial charge in [0.1, 0.15) is 6.42 Å². The Hall–Kier alpha value is -2.06. The van der Waals surface area contributed by atoms with Crippen LogP contribution in [-0.2, 0) is 4.79 Å². The molecular weight excluding hydrogens is 312 g/mol. The Kier molecular flexibility index (Phi) is 10.3. The van der Waals surface area contributed by atoms with Crippen molar-refractivity contribution in [1.29, 1.82) is 5.26 Å². The third-order valence-electron chi connectivity index (χ3n) is 4.40. The van der Waals surface area contributed by atoms with E-state index in [9.17, 15) is 4.79 Å². The summed E-state index contributed by atoms with van der Waals surface area (Å²) in [5.74, 6) is -0.218. The van der Waals surface area contributed by atoms with Gasteiger partial charge >= 0.3 is 0 Å². The van der Waals surface area contributed by atoms with Gasteiger partial charge in [0, 0.05) is 12.2 Å². The van der Waals surface area contributed by atoms with Gasteiger partial charge < -0.3 is 15.5 Å². The SMILES string of the molecule is CCC(NC(=O)CC#N)c1cccc(NCCCCN(CC)CC)c1. The van der Waals surface area contributed by atoms with Gasteiger partial charge in [-0.05, 0) is 56.6 Å². The standard InChI is InChI=1S/C20H32N4O/c1-4-19(23-20(25)12-13-21)17-10-9-11-18(16-17)22-14-7-8-15-24(5-2)6-3/h9-11,16,19,22H,4-8,12,14-15H2,1-3H3,(H,23,25). The third-order valence-corrected chi connectivity index (χ3v) is 4.40. The zero-order valence-electron chi connectivity index (χ0n) is 15.8. The summed E-state index contributed by atoms with van der Waals surface area (Å²) in [7, 11) is 0. The van der Waals surface area contributed by atoms with Crippen LogP contribution < -0.4 is 10.6 Å². The van der Waals surface area contributed by atoms with Crippen molar-refractivity contribution >= 4 is 11.6 Å². The molecule has 1 atom stereocenters. The summed E-state index contributed by atoms with van der Waals surface area (Å²) in [5, 5.41) is 15.0. The first-order chi connectivity index (χ1) is 12.1. The Morgan fingerprint density at radius 1 is 1.24 bits per heavy atom. The number of anilines is 1. The van der Waals surface area contributed by atoms with Crippen LogP contribution in [0.25, 0.3) is 0 Å². The minimum Gasteiger partial charge on any atom is -0.385 e. The summed E-state index contributed by atoms with van der Waals surface area (Å²) in [4.78, 5) is 14.1. The van der Waals surface area contributed by atoms with Crippen LogP contribution in [0.3, 0.4) is 0 Å². The van der Waals surface area contributed by atoms with E-state index < -0.39 is 0 Å². The monoisotopic (exact) mass is 344 g/mol. The molecule has 0 fully saturated rings. The maximum atomic E-state index is 11.7. The molecule has 1 rings (SSSR count). The van der Waals surface area contributed by atoms with Crippen LogP contribution in [0.1, 0.15) is 58.1 Å². The first-order valence-corrected chi connectivity index (χ1v) is 9.37. The summed E-state index contributed by atoms with van der Waals surface area (Å²) in [5.41, 5.74) is 2.15. The summed E-state index contributed by atoms with van der Waals surface area (Å²) >= 11 is 0. The highest BCUT2D eigenvalue weighted by molar-refractivity contribution is 5.78. The Labute approximate surface area is 152 Å². The summed E-state index contributed by atoms with van der Waals surface area (Å²) in [6, 6.07) is 10.0. The average molecular weight is 345 g/mol. The van der Waals surface area contributed by atoms with Gasteiger partial charge in [0.25, 0.3) is 0 Å². The molecular formula is C20H32N4O. The van der Waals surface area contributed by atoms with Crippen molar-refractivity contribution in [2.75, 3.05) is 31.5 Å². The molecule has 2 N–H and O–H groups in total. The number of rotatable bonds is 12. The van der Waals surface area contributed by atoms with Gasteiger partial charge in [-0.3, -0.25) is 4.79 Å². The van der Waals surface area contributed by atoms with E-state index in [2.05, 4.69) is 41.5 Å². The molecule has 0 spiro atoms. The smallest absolute Gasteiger partial charge is 0.234 e. The summed E-state index contributed by atoms with van der Waals surface area (Å²) < 4.78 is 0. The number of hydrogen-bond donors (Lipinski definition) is 2. The number of benzene rings is 1. The Morgan fingerprint density at radius 2 is 2.00 bits per heavy atom. The highest BCUT2D eigenvalue weighted by Gasteiger charge is 2.12. The van der Waals surface area contributed by atoms with Gasteiger partial charge in [-0.25, -0.2) is 0 Å². The highest BCUT2D eigenvalue weighted by Crippen LogP contribution is 2.20. The molecule has 25 heavy (non-hydrogen) atoms. The zero-order valence-corrected chi connectivity index (χ0v) is 15.8. The Morgan fingerprint density at radius 3 is 2.64 bits per heavy atom. The molecule has 5 heteroatoms. The van der Waals surface area contributed by atoms with Crippen molar-refractivity contribution in [2.45, 2.75) is 52.5 Å². The molecule has 1 amide bonds. The number of unbranched alkanes of at least 4 members (excludes halogenated alkanes) is 1. The molecule has 0 saturated carbocycles. The summed E-state index contributed by atoms with van der Waals surface area (Å²) in [6.07, 6.45) is 3.03. The number of nitrogens with one attached hydrogen (secondary N) is 2. The van der Waals surface area contributed by atoms with Crippen LogP contribution in [0.5, 0.6) is 0 Å². The van der Waals surface area contributed by atoms with Crippen LogP contribution in [0.15, 0.2) is 24.3 Å². The first-order valence-electron chi connectivity index (χ1n) is 9.37. The third kappa shape index (κ3) is 8.04. The fraction of sp³-hybridized carbons (Fsp3) is 0.600. The van der Waals surface area contributed by atoms with Crippen molar-refractivity contribution < 1.29 is 4.79 Å². The van der Waals surface area contributed by atoms with Gasteiger partial charge in [-0.1, -0.05) is 32.9 Å². The van der Waals surface area contributed by atoms with Gasteiger partial charge in [0.05, 0.1) is 12.1 Å². The molecule has 0 saturated heterocycles. The van der Waals surface area contributed by atoms with E-state index in [-0.39, 0.29) is 18.4 Å². The number of amides is 1. The van der Waals surface area contributed by atoms with Crippen LogP contribution in [-0.4, -0.2) is 37.0 Å². The van der Waals surface area contributed by atoms with E-state index in [0.717, 1.165) is 50.3 Å². The number of nitriles is 1. The van der Waals surface area contributed by atoms with Crippen molar-refractivity contribution in [1.82, 2.24) is 10.2 Å². The van der Waals surface area contributed by atoms with Crippen molar-refractivity contribution in [2.24, 2.45) is 0 Å². The van der Waals surface area contributed by atoms with Crippen molar-refractivity contribution in [3.8, 4) is 6.07 Å². The van der Waals surface area contributed by atoms with Crippen LogP contribution >= 0.6 is 0 Å². The predicted molar refractivity (Wildman–Crippen MR) is 103 cm³/mol. The molecule has 0 aromatic heterocycles. The molecule has 0 radical (unpaired) electrons. The quantitative estimate of drug-likeness (QED) is 0.567. The largest absolute Gasteiger partial charge is 0.385 e. The van der Waals surface area contributed by atoms with Crippen LogP contribution in [0.4, 0.5) is 5.69 Å².